The number of carboxylic acids is 1. The summed E-state index contributed by atoms with van der Waals surface area (Å²) in [5.74, 6) is -1.02. The fraction of sp³-hybridized carbons (Fsp3) is 0.154. The van der Waals surface area contributed by atoms with Gasteiger partial charge in [-0.2, -0.15) is 0 Å². The number of rotatable bonds is 3. The summed E-state index contributed by atoms with van der Waals surface area (Å²) >= 11 is 6.24. The molecule has 17 heavy (non-hydrogen) atoms. The molecule has 0 bridgehead atoms. The Morgan fingerprint density at radius 2 is 2.00 bits per heavy atom. The third kappa shape index (κ3) is 2.40. The largest absolute Gasteiger partial charge is 0.480 e. The van der Waals surface area contributed by atoms with Gasteiger partial charge in [0.05, 0.1) is 5.02 Å². The average molecular weight is 250 g/mol. The molecule has 0 fully saturated rings. The maximum Gasteiger partial charge on any atom is 0.320 e. The number of nitrogens with two attached hydrogens (primary N) is 1. The Balaban J connectivity index is 2.42. The number of carbonyl (C=O) groups is 1. The highest BCUT2D eigenvalue weighted by Gasteiger charge is 2.15. The molecule has 0 radical (unpaired) electrons. The second-order valence-electron chi connectivity index (χ2n) is 3.91. The Labute approximate surface area is 104 Å². The molecule has 2 aromatic carbocycles. The Morgan fingerprint density at radius 1 is 1.29 bits per heavy atom. The maximum absolute atomic E-state index is 10.7. The summed E-state index contributed by atoms with van der Waals surface area (Å²) in [4.78, 5) is 10.7. The highest BCUT2D eigenvalue weighted by molar-refractivity contribution is 6.36. The van der Waals surface area contributed by atoms with Gasteiger partial charge in [0.1, 0.15) is 6.04 Å². The van der Waals surface area contributed by atoms with E-state index >= 15 is 0 Å². The van der Waals surface area contributed by atoms with E-state index in [1.807, 2.05) is 36.4 Å². The van der Waals surface area contributed by atoms with Gasteiger partial charge in [0, 0.05) is 5.39 Å². The summed E-state index contributed by atoms with van der Waals surface area (Å²) < 4.78 is 0. The molecule has 2 rings (SSSR count). The van der Waals surface area contributed by atoms with E-state index in [2.05, 4.69) is 0 Å². The SMILES string of the molecule is N[C@@H](Cc1ccc2ccccc2c1Cl)C(=O)O. The van der Waals surface area contributed by atoms with E-state index in [0.29, 0.717) is 5.02 Å². The summed E-state index contributed by atoms with van der Waals surface area (Å²) in [7, 11) is 0. The predicted octanol–water partition coefficient (Wildman–Crippen LogP) is 2.45. The Bertz CT molecular complexity index is 568. The van der Waals surface area contributed by atoms with E-state index in [0.717, 1.165) is 16.3 Å². The third-order valence-electron chi connectivity index (χ3n) is 2.70. The minimum atomic E-state index is -1.02. The Kier molecular flexibility index (Phi) is 3.31. The van der Waals surface area contributed by atoms with Crippen molar-refractivity contribution in [3.63, 3.8) is 0 Å². The number of hydrogen-bond acceptors (Lipinski definition) is 2. The second-order valence-corrected chi connectivity index (χ2v) is 4.29. The molecule has 4 heteroatoms. The van der Waals surface area contributed by atoms with Crippen LogP contribution in [0, 0.1) is 0 Å². The molecule has 0 amide bonds. The standard InChI is InChI=1S/C13H12ClNO2/c14-12-9(7-11(15)13(16)17)6-5-8-3-1-2-4-10(8)12/h1-6,11H,7,15H2,(H,16,17)/t11-/m0/s1. The van der Waals surface area contributed by atoms with Crippen LogP contribution < -0.4 is 5.73 Å². The molecule has 1 atom stereocenters. The van der Waals surface area contributed by atoms with Gasteiger partial charge in [-0.3, -0.25) is 4.79 Å². The summed E-state index contributed by atoms with van der Waals surface area (Å²) in [6, 6.07) is 10.5. The molecule has 0 heterocycles. The normalized spacial score (nSPS) is 12.6. The van der Waals surface area contributed by atoms with Gasteiger partial charge in [-0.25, -0.2) is 0 Å². The van der Waals surface area contributed by atoms with Crippen molar-refractivity contribution in [1.29, 1.82) is 0 Å². The van der Waals surface area contributed by atoms with Gasteiger partial charge in [-0.1, -0.05) is 48.0 Å². The van der Waals surface area contributed by atoms with Gasteiger partial charge in [-0.15, -0.1) is 0 Å². The average Bonchev–Trinajstić information content (AvgIpc) is 2.33. The summed E-state index contributed by atoms with van der Waals surface area (Å²) in [5, 5.41) is 11.3. The van der Waals surface area contributed by atoms with Crippen LogP contribution in [0.5, 0.6) is 0 Å². The van der Waals surface area contributed by atoms with Crippen LogP contribution in [0.25, 0.3) is 10.8 Å². The van der Waals surface area contributed by atoms with Gasteiger partial charge in [0.25, 0.3) is 0 Å². The summed E-state index contributed by atoms with van der Waals surface area (Å²) in [6.45, 7) is 0. The molecule has 0 aromatic heterocycles. The molecule has 3 N–H and O–H groups in total. The van der Waals surface area contributed by atoms with Crippen molar-refractivity contribution in [3.8, 4) is 0 Å². The van der Waals surface area contributed by atoms with E-state index < -0.39 is 12.0 Å². The van der Waals surface area contributed by atoms with Gasteiger partial charge < -0.3 is 10.8 Å². The molecule has 0 unspecified atom stereocenters. The van der Waals surface area contributed by atoms with E-state index in [1.54, 1.807) is 0 Å². The van der Waals surface area contributed by atoms with Gasteiger partial charge >= 0.3 is 5.97 Å². The quantitative estimate of drug-likeness (QED) is 0.878. The minimum absolute atomic E-state index is 0.235. The van der Waals surface area contributed by atoms with Crippen LogP contribution >= 0.6 is 11.6 Å². The summed E-state index contributed by atoms with van der Waals surface area (Å²) in [5.41, 5.74) is 6.27. The molecule has 3 nitrogen and oxygen atoms in total. The lowest BCUT2D eigenvalue weighted by molar-refractivity contribution is -0.138. The van der Waals surface area contributed by atoms with Crippen LogP contribution in [0.4, 0.5) is 0 Å². The smallest absolute Gasteiger partial charge is 0.320 e. The van der Waals surface area contributed by atoms with Crippen molar-refractivity contribution < 1.29 is 9.90 Å². The van der Waals surface area contributed by atoms with Crippen molar-refractivity contribution in [3.05, 3.63) is 47.0 Å². The molecule has 88 valence electrons. The molecule has 2 aromatic rings. The molecule has 0 aliphatic heterocycles. The fourth-order valence-corrected chi connectivity index (χ4v) is 2.07. The molecular weight excluding hydrogens is 238 g/mol. The molecule has 0 aliphatic carbocycles. The monoisotopic (exact) mass is 249 g/mol. The van der Waals surface area contributed by atoms with Crippen LogP contribution in [-0.2, 0) is 11.2 Å². The van der Waals surface area contributed by atoms with Crippen LogP contribution in [-0.4, -0.2) is 17.1 Å². The molecule has 0 saturated heterocycles. The number of carboxylic acid groups (broad SMARTS) is 1. The Hall–Kier alpha value is -1.58. The van der Waals surface area contributed by atoms with E-state index in [9.17, 15) is 4.79 Å². The van der Waals surface area contributed by atoms with Crippen molar-refractivity contribution >= 4 is 28.3 Å². The number of benzene rings is 2. The first kappa shape index (κ1) is 11.9. The number of halogens is 1. The topological polar surface area (TPSA) is 63.3 Å². The molecule has 0 spiro atoms. The lowest BCUT2D eigenvalue weighted by Gasteiger charge is -2.10. The first-order valence-electron chi connectivity index (χ1n) is 5.24. The zero-order valence-corrected chi connectivity index (χ0v) is 9.82. The zero-order valence-electron chi connectivity index (χ0n) is 9.06. The minimum Gasteiger partial charge on any atom is -0.480 e. The van der Waals surface area contributed by atoms with Crippen molar-refractivity contribution in [2.45, 2.75) is 12.5 Å². The number of aliphatic carboxylic acids is 1. The van der Waals surface area contributed by atoms with Crippen LogP contribution in [0.3, 0.4) is 0 Å². The summed E-state index contributed by atoms with van der Waals surface area (Å²) in [6.07, 6.45) is 0.235. The fourth-order valence-electron chi connectivity index (χ4n) is 1.76. The van der Waals surface area contributed by atoms with Gasteiger partial charge in [0.2, 0.25) is 0 Å². The van der Waals surface area contributed by atoms with Gasteiger partial charge in [-0.05, 0) is 17.4 Å². The lowest BCUT2D eigenvalue weighted by Crippen LogP contribution is -2.32. The highest BCUT2D eigenvalue weighted by Crippen LogP contribution is 2.27. The first-order chi connectivity index (χ1) is 8.09. The first-order valence-corrected chi connectivity index (χ1v) is 5.62. The predicted molar refractivity (Wildman–Crippen MR) is 68.3 cm³/mol. The Morgan fingerprint density at radius 3 is 2.71 bits per heavy atom. The van der Waals surface area contributed by atoms with Crippen molar-refractivity contribution in [1.82, 2.24) is 0 Å². The second kappa shape index (κ2) is 4.73. The maximum atomic E-state index is 10.7. The molecule has 0 aliphatic rings. The van der Waals surface area contributed by atoms with E-state index in [-0.39, 0.29) is 6.42 Å². The lowest BCUT2D eigenvalue weighted by atomic mass is 10.0. The third-order valence-corrected chi connectivity index (χ3v) is 3.15. The number of fused-ring (bicyclic) bond motifs is 1. The van der Waals surface area contributed by atoms with Crippen LogP contribution in [0.15, 0.2) is 36.4 Å². The van der Waals surface area contributed by atoms with E-state index in [4.69, 9.17) is 22.4 Å². The van der Waals surface area contributed by atoms with Crippen LogP contribution in [0.2, 0.25) is 5.02 Å². The van der Waals surface area contributed by atoms with Gasteiger partial charge in [0.15, 0.2) is 0 Å². The van der Waals surface area contributed by atoms with Crippen molar-refractivity contribution in [2.24, 2.45) is 5.73 Å². The van der Waals surface area contributed by atoms with Crippen molar-refractivity contribution in [2.75, 3.05) is 0 Å². The number of hydrogen-bond donors (Lipinski definition) is 2. The molecule has 0 saturated carbocycles. The van der Waals surface area contributed by atoms with Crippen LogP contribution in [0.1, 0.15) is 5.56 Å². The van der Waals surface area contributed by atoms with E-state index in [1.165, 1.54) is 0 Å². The highest BCUT2D eigenvalue weighted by atomic mass is 35.5. The zero-order chi connectivity index (χ0) is 12.4. The molecular formula is C13H12ClNO2.